The highest BCUT2D eigenvalue weighted by atomic mass is 35.5. The Kier molecular flexibility index (Phi) is 5.42. The third-order valence-electron chi connectivity index (χ3n) is 1.89. The lowest BCUT2D eigenvalue weighted by Crippen LogP contribution is -2.22. The molecule has 0 bridgehead atoms. The van der Waals surface area contributed by atoms with Crippen LogP contribution in [-0.4, -0.2) is 6.54 Å². The van der Waals surface area contributed by atoms with Gasteiger partial charge >= 0.3 is 0 Å². The molecule has 0 aliphatic heterocycles. The number of benzene rings is 1. The number of hydrazine groups is 1. The molecule has 0 saturated heterocycles. The molecule has 1 aromatic carbocycles. The highest BCUT2D eigenvalue weighted by Crippen LogP contribution is 2.34. The number of nitrogens with zero attached hydrogens (tertiary/aromatic N) is 1. The highest BCUT2D eigenvalue weighted by Gasteiger charge is 2.13. The van der Waals surface area contributed by atoms with Gasteiger partial charge in [0.25, 0.3) is 6.43 Å². The number of halogens is 4. The van der Waals surface area contributed by atoms with Crippen LogP contribution in [-0.2, 0) is 0 Å². The molecule has 0 saturated carbocycles. The van der Waals surface area contributed by atoms with Crippen LogP contribution in [0.1, 0.15) is 18.4 Å². The van der Waals surface area contributed by atoms with E-state index < -0.39 is 6.43 Å². The second-order valence-corrected chi connectivity index (χ2v) is 3.93. The molecular weight excluding hydrogens is 271 g/mol. The molecule has 0 aromatic heterocycles. The maximum atomic E-state index is 12.4. The zero-order valence-electron chi connectivity index (χ0n) is 8.61. The van der Waals surface area contributed by atoms with Crippen LogP contribution in [0.5, 0.6) is 0 Å². The first-order valence-corrected chi connectivity index (χ1v) is 5.44. The first kappa shape index (κ1) is 14.0. The van der Waals surface area contributed by atoms with E-state index >= 15 is 0 Å². The molecule has 0 amide bonds. The van der Waals surface area contributed by atoms with Crippen LogP contribution >= 0.6 is 23.2 Å². The molecule has 7 heteroatoms. The summed E-state index contributed by atoms with van der Waals surface area (Å²) in [6.45, 7) is 0.389. The fourth-order valence-electron chi connectivity index (χ4n) is 1.11. The van der Waals surface area contributed by atoms with E-state index in [0.717, 1.165) is 12.1 Å². The first-order chi connectivity index (χ1) is 8.06. The van der Waals surface area contributed by atoms with Gasteiger partial charge in [0.1, 0.15) is 0 Å². The Labute approximate surface area is 107 Å². The van der Waals surface area contributed by atoms with Gasteiger partial charge in [-0.15, -0.1) is 0 Å². The van der Waals surface area contributed by atoms with Crippen molar-refractivity contribution in [3.8, 4) is 6.07 Å². The average molecular weight is 280 g/mol. The van der Waals surface area contributed by atoms with Gasteiger partial charge in [-0.3, -0.25) is 0 Å². The normalized spacial score (nSPS) is 10.4. The van der Waals surface area contributed by atoms with E-state index in [2.05, 4.69) is 10.9 Å². The summed E-state index contributed by atoms with van der Waals surface area (Å²) in [5.74, 6) is 0. The van der Waals surface area contributed by atoms with Crippen LogP contribution in [0.2, 0.25) is 10.0 Å². The van der Waals surface area contributed by atoms with Crippen molar-refractivity contribution in [2.75, 3.05) is 12.0 Å². The molecule has 0 heterocycles. The summed E-state index contributed by atoms with van der Waals surface area (Å²) >= 11 is 11.6. The first-order valence-electron chi connectivity index (χ1n) is 4.69. The highest BCUT2D eigenvalue weighted by molar-refractivity contribution is 6.39. The van der Waals surface area contributed by atoms with E-state index in [1.54, 1.807) is 0 Å². The standard InChI is InChI=1S/C10H9Cl2F2N3/c11-7-4-6(10(13)14)5-8(12)9(7)17-16-3-1-2-15/h4-5,10,16-17H,1,3H2. The van der Waals surface area contributed by atoms with Gasteiger partial charge in [-0.05, 0) is 12.1 Å². The number of hydrogen-bond donors (Lipinski definition) is 2. The number of nitriles is 1. The van der Waals surface area contributed by atoms with Gasteiger partial charge in [0.05, 0.1) is 21.8 Å². The molecule has 2 N–H and O–H groups in total. The molecule has 0 aliphatic rings. The lowest BCUT2D eigenvalue weighted by Gasteiger charge is -2.12. The van der Waals surface area contributed by atoms with E-state index in [0.29, 0.717) is 18.7 Å². The van der Waals surface area contributed by atoms with E-state index in [1.807, 2.05) is 6.07 Å². The zero-order valence-corrected chi connectivity index (χ0v) is 10.1. The largest absolute Gasteiger partial charge is 0.319 e. The third kappa shape index (κ3) is 4.00. The Hall–Kier alpha value is -1.09. The topological polar surface area (TPSA) is 47.9 Å². The van der Waals surface area contributed by atoms with Crippen LogP contribution in [0.4, 0.5) is 14.5 Å². The van der Waals surface area contributed by atoms with Crippen molar-refractivity contribution >= 4 is 28.9 Å². The Balaban J connectivity index is 2.76. The van der Waals surface area contributed by atoms with Crippen molar-refractivity contribution in [2.24, 2.45) is 0 Å². The summed E-state index contributed by atoms with van der Waals surface area (Å²) in [5, 5.41) is 8.51. The average Bonchev–Trinajstić information content (AvgIpc) is 2.26. The summed E-state index contributed by atoms with van der Waals surface area (Å²) in [4.78, 5) is 0. The molecule has 0 fully saturated rings. The van der Waals surface area contributed by atoms with Crippen molar-refractivity contribution in [2.45, 2.75) is 12.8 Å². The molecule has 0 radical (unpaired) electrons. The quantitative estimate of drug-likeness (QED) is 0.637. The van der Waals surface area contributed by atoms with Crippen LogP contribution in [0.15, 0.2) is 12.1 Å². The SMILES string of the molecule is N#CCCNNc1c(Cl)cc(C(F)F)cc1Cl. The monoisotopic (exact) mass is 279 g/mol. The minimum atomic E-state index is -2.62. The molecular formula is C10H9Cl2F2N3. The van der Waals surface area contributed by atoms with Gasteiger partial charge in [0.2, 0.25) is 0 Å². The minimum absolute atomic E-state index is 0.0947. The van der Waals surface area contributed by atoms with E-state index in [1.165, 1.54) is 0 Å². The number of anilines is 1. The van der Waals surface area contributed by atoms with Gasteiger partial charge in [-0.25, -0.2) is 14.2 Å². The van der Waals surface area contributed by atoms with E-state index in [4.69, 9.17) is 28.5 Å². The molecule has 0 atom stereocenters. The molecule has 0 aliphatic carbocycles. The van der Waals surface area contributed by atoms with Gasteiger partial charge in [0.15, 0.2) is 0 Å². The van der Waals surface area contributed by atoms with Crippen molar-refractivity contribution in [1.82, 2.24) is 5.43 Å². The van der Waals surface area contributed by atoms with Crippen LogP contribution in [0.3, 0.4) is 0 Å². The Morgan fingerprint density at radius 1 is 1.29 bits per heavy atom. The maximum Gasteiger partial charge on any atom is 0.263 e. The van der Waals surface area contributed by atoms with Gasteiger partial charge in [-0.2, -0.15) is 5.26 Å². The van der Waals surface area contributed by atoms with E-state index in [9.17, 15) is 8.78 Å². The number of hydrogen-bond acceptors (Lipinski definition) is 3. The lowest BCUT2D eigenvalue weighted by atomic mass is 10.2. The summed E-state index contributed by atoms with van der Waals surface area (Å²) in [7, 11) is 0. The number of alkyl halides is 2. The predicted molar refractivity (Wildman–Crippen MR) is 63.3 cm³/mol. The van der Waals surface area contributed by atoms with Crippen molar-refractivity contribution in [3.63, 3.8) is 0 Å². The molecule has 3 nitrogen and oxygen atoms in total. The van der Waals surface area contributed by atoms with Crippen LogP contribution in [0.25, 0.3) is 0 Å². The summed E-state index contributed by atoms with van der Waals surface area (Å²) in [5.41, 5.74) is 5.46. The Morgan fingerprint density at radius 3 is 2.35 bits per heavy atom. The molecule has 0 unspecified atom stereocenters. The van der Waals surface area contributed by atoms with Crippen LogP contribution < -0.4 is 10.9 Å². The fourth-order valence-corrected chi connectivity index (χ4v) is 1.71. The van der Waals surface area contributed by atoms with Gasteiger partial charge in [0, 0.05) is 18.5 Å². The van der Waals surface area contributed by atoms with Crippen LogP contribution in [0, 0.1) is 11.3 Å². The van der Waals surface area contributed by atoms with Gasteiger partial charge in [-0.1, -0.05) is 23.2 Å². The third-order valence-corrected chi connectivity index (χ3v) is 2.49. The second-order valence-electron chi connectivity index (χ2n) is 3.12. The molecule has 0 spiro atoms. The Bertz CT molecular complexity index is 409. The number of rotatable bonds is 5. The molecule has 92 valence electrons. The summed E-state index contributed by atoms with van der Waals surface area (Å²) < 4.78 is 24.8. The van der Waals surface area contributed by atoms with Crippen molar-refractivity contribution < 1.29 is 8.78 Å². The fraction of sp³-hybridized carbons (Fsp3) is 0.300. The minimum Gasteiger partial charge on any atom is -0.319 e. The van der Waals surface area contributed by atoms with Crippen molar-refractivity contribution in [3.05, 3.63) is 27.7 Å². The summed E-state index contributed by atoms with van der Waals surface area (Å²) in [6.07, 6.45) is -2.32. The Morgan fingerprint density at radius 2 is 1.88 bits per heavy atom. The molecule has 1 rings (SSSR count). The molecule has 1 aromatic rings. The van der Waals surface area contributed by atoms with Gasteiger partial charge < -0.3 is 5.43 Å². The zero-order chi connectivity index (χ0) is 12.8. The lowest BCUT2D eigenvalue weighted by molar-refractivity contribution is 0.151. The molecule has 17 heavy (non-hydrogen) atoms. The number of nitrogens with one attached hydrogen (secondary N) is 2. The smallest absolute Gasteiger partial charge is 0.263 e. The predicted octanol–water partition coefficient (Wildman–Crippen LogP) is 3.76. The van der Waals surface area contributed by atoms with E-state index in [-0.39, 0.29) is 15.6 Å². The maximum absolute atomic E-state index is 12.4. The van der Waals surface area contributed by atoms with Crippen molar-refractivity contribution in [1.29, 1.82) is 5.26 Å². The summed E-state index contributed by atoms with van der Waals surface area (Å²) in [6, 6.07) is 4.23. The second kappa shape index (κ2) is 6.60.